The summed E-state index contributed by atoms with van der Waals surface area (Å²) in [5, 5.41) is 5.55. The lowest BCUT2D eigenvalue weighted by atomic mass is 10.1. The third kappa shape index (κ3) is 5.29. The third-order valence-electron chi connectivity index (χ3n) is 5.40. The summed E-state index contributed by atoms with van der Waals surface area (Å²) >= 11 is 9.69. The van der Waals surface area contributed by atoms with E-state index in [9.17, 15) is 0 Å². The predicted molar refractivity (Wildman–Crippen MR) is 133 cm³/mol. The van der Waals surface area contributed by atoms with Crippen molar-refractivity contribution >= 4 is 44.0 Å². The van der Waals surface area contributed by atoms with Crippen LogP contribution < -0.4 is 10.1 Å². The molecule has 0 saturated carbocycles. The van der Waals surface area contributed by atoms with E-state index in [-0.39, 0.29) is 6.10 Å². The van der Waals surface area contributed by atoms with Crippen LogP contribution in [0.5, 0.6) is 5.75 Å². The average Bonchev–Trinajstić information content (AvgIpc) is 3.01. The molecule has 0 fully saturated rings. The van der Waals surface area contributed by atoms with Crippen molar-refractivity contribution in [2.75, 3.05) is 13.1 Å². The number of hydrogen-bond donors (Lipinski definition) is 1. The van der Waals surface area contributed by atoms with Crippen molar-refractivity contribution in [2.45, 2.75) is 46.3 Å². The van der Waals surface area contributed by atoms with E-state index in [2.05, 4.69) is 71.4 Å². The van der Waals surface area contributed by atoms with E-state index in [1.807, 2.05) is 24.3 Å². The standard InChI is InChI=1S/C25H30BrClN2O/c1-5-20(30-21-12-10-19(27)11-13-21)16-28-14-7-15-29-18(4)24(17(2)3)22-8-6-9-23(26)25(22)29/h6,8-13,20,28H,2,5,7,14-16H2,1,3-4H3. The SMILES string of the molecule is C=C(C)c1c(C)n(CCCNCC(CC)Oc2ccc(Cl)cc2)c2c(Br)cccc12. The van der Waals surface area contributed by atoms with Gasteiger partial charge in [-0.05, 0) is 85.1 Å². The Morgan fingerprint density at radius 2 is 1.97 bits per heavy atom. The number of allylic oxidation sites excluding steroid dienone is 1. The monoisotopic (exact) mass is 488 g/mol. The van der Waals surface area contributed by atoms with E-state index in [1.54, 1.807) is 0 Å². The zero-order chi connectivity index (χ0) is 21.7. The minimum Gasteiger partial charge on any atom is -0.489 e. The maximum atomic E-state index is 6.06. The Bertz CT molecular complexity index is 1010. The summed E-state index contributed by atoms with van der Waals surface area (Å²) in [6, 6.07) is 13.9. The van der Waals surface area contributed by atoms with Crippen LogP contribution in [0.25, 0.3) is 16.5 Å². The molecule has 0 aliphatic rings. The molecule has 1 aromatic heterocycles. The molecule has 3 nitrogen and oxygen atoms in total. The first-order valence-electron chi connectivity index (χ1n) is 10.5. The van der Waals surface area contributed by atoms with Crippen LogP contribution in [0.2, 0.25) is 5.02 Å². The van der Waals surface area contributed by atoms with Gasteiger partial charge in [0.25, 0.3) is 0 Å². The molecule has 3 aromatic rings. The number of rotatable bonds is 10. The van der Waals surface area contributed by atoms with Crippen LogP contribution in [0.15, 0.2) is 53.5 Å². The first kappa shape index (κ1) is 22.9. The van der Waals surface area contributed by atoms with Crippen molar-refractivity contribution in [2.24, 2.45) is 0 Å². The van der Waals surface area contributed by atoms with Crippen molar-refractivity contribution < 1.29 is 4.74 Å². The normalized spacial score (nSPS) is 12.3. The van der Waals surface area contributed by atoms with Crippen molar-refractivity contribution in [1.82, 2.24) is 9.88 Å². The van der Waals surface area contributed by atoms with Crippen LogP contribution in [0.4, 0.5) is 0 Å². The van der Waals surface area contributed by atoms with Gasteiger partial charge in [0.05, 0.1) is 5.52 Å². The number of aromatic nitrogens is 1. The molecule has 160 valence electrons. The van der Waals surface area contributed by atoms with E-state index < -0.39 is 0 Å². The Kier molecular flexibility index (Phi) is 8.04. The van der Waals surface area contributed by atoms with Crippen molar-refractivity contribution in [3.8, 4) is 5.75 Å². The number of fused-ring (bicyclic) bond motifs is 1. The number of nitrogens with one attached hydrogen (secondary N) is 1. The molecule has 0 saturated heterocycles. The highest BCUT2D eigenvalue weighted by molar-refractivity contribution is 9.10. The molecular weight excluding hydrogens is 460 g/mol. The van der Waals surface area contributed by atoms with Gasteiger partial charge < -0.3 is 14.6 Å². The van der Waals surface area contributed by atoms with E-state index in [1.165, 1.54) is 22.2 Å². The van der Waals surface area contributed by atoms with Crippen LogP contribution in [0.1, 0.15) is 37.9 Å². The van der Waals surface area contributed by atoms with Gasteiger partial charge >= 0.3 is 0 Å². The average molecular weight is 490 g/mol. The maximum Gasteiger partial charge on any atom is 0.119 e. The lowest BCUT2D eigenvalue weighted by molar-refractivity contribution is 0.193. The van der Waals surface area contributed by atoms with Gasteiger partial charge in [-0.2, -0.15) is 0 Å². The number of aryl methyl sites for hydroxylation is 1. The molecule has 0 bridgehead atoms. The molecule has 0 aliphatic carbocycles. The largest absolute Gasteiger partial charge is 0.489 e. The molecule has 1 unspecified atom stereocenters. The summed E-state index contributed by atoms with van der Waals surface area (Å²) in [5.41, 5.74) is 4.91. The first-order chi connectivity index (χ1) is 14.4. The fourth-order valence-electron chi connectivity index (χ4n) is 3.91. The van der Waals surface area contributed by atoms with Gasteiger partial charge in [0, 0.05) is 39.2 Å². The summed E-state index contributed by atoms with van der Waals surface area (Å²) in [6.45, 7) is 13.3. The Morgan fingerprint density at radius 1 is 1.23 bits per heavy atom. The number of para-hydroxylation sites is 1. The minimum absolute atomic E-state index is 0.143. The van der Waals surface area contributed by atoms with Crippen molar-refractivity contribution in [1.29, 1.82) is 0 Å². The fraction of sp³-hybridized carbons (Fsp3) is 0.360. The quantitative estimate of drug-likeness (QED) is 0.304. The summed E-state index contributed by atoms with van der Waals surface area (Å²) in [5.74, 6) is 0.861. The van der Waals surface area contributed by atoms with Gasteiger partial charge in [-0.1, -0.05) is 37.2 Å². The zero-order valence-electron chi connectivity index (χ0n) is 18.0. The fourth-order valence-corrected chi connectivity index (χ4v) is 4.61. The van der Waals surface area contributed by atoms with Crippen LogP contribution in [0.3, 0.4) is 0 Å². The molecule has 1 heterocycles. The van der Waals surface area contributed by atoms with E-state index >= 15 is 0 Å². The second kappa shape index (κ2) is 10.5. The van der Waals surface area contributed by atoms with Crippen molar-refractivity contribution in [3.63, 3.8) is 0 Å². The number of hydrogen-bond acceptors (Lipinski definition) is 2. The molecule has 0 spiro atoms. The van der Waals surface area contributed by atoms with Crippen LogP contribution >= 0.6 is 27.5 Å². The number of nitrogens with zero attached hydrogens (tertiary/aromatic N) is 1. The highest BCUT2D eigenvalue weighted by Crippen LogP contribution is 2.34. The summed E-state index contributed by atoms with van der Waals surface area (Å²) in [7, 11) is 0. The maximum absolute atomic E-state index is 6.06. The van der Waals surface area contributed by atoms with E-state index in [0.717, 1.165) is 53.3 Å². The summed E-state index contributed by atoms with van der Waals surface area (Å²) in [4.78, 5) is 0. The van der Waals surface area contributed by atoms with Crippen LogP contribution in [-0.4, -0.2) is 23.8 Å². The molecule has 0 radical (unpaired) electrons. The van der Waals surface area contributed by atoms with Gasteiger partial charge in [-0.3, -0.25) is 0 Å². The van der Waals surface area contributed by atoms with Gasteiger partial charge in [-0.15, -0.1) is 0 Å². The molecule has 0 amide bonds. The van der Waals surface area contributed by atoms with Crippen LogP contribution in [-0.2, 0) is 6.54 Å². The minimum atomic E-state index is 0.143. The first-order valence-corrected chi connectivity index (χ1v) is 11.7. The molecule has 30 heavy (non-hydrogen) atoms. The smallest absolute Gasteiger partial charge is 0.119 e. The second-order valence-corrected chi connectivity index (χ2v) is 8.98. The summed E-state index contributed by atoms with van der Waals surface area (Å²) in [6.07, 6.45) is 2.13. The lowest BCUT2D eigenvalue weighted by Gasteiger charge is -2.18. The Morgan fingerprint density at radius 3 is 2.63 bits per heavy atom. The zero-order valence-corrected chi connectivity index (χ0v) is 20.3. The molecule has 1 atom stereocenters. The summed E-state index contributed by atoms with van der Waals surface area (Å²) < 4.78 is 9.60. The number of benzene rings is 2. The molecule has 0 aliphatic heterocycles. The Hall–Kier alpha value is -1.75. The Labute approximate surface area is 193 Å². The topological polar surface area (TPSA) is 26.2 Å². The van der Waals surface area contributed by atoms with Crippen molar-refractivity contribution in [3.05, 3.63) is 69.8 Å². The second-order valence-electron chi connectivity index (χ2n) is 7.69. The number of halogens is 2. The lowest BCUT2D eigenvalue weighted by Crippen LogP contribution is -2.31. The van der Waals surface area contributed by atoms with E-state index in [4.69, 9.17) is 16.3 Å². The number of ether oxygens (including phenoxy) is 1. The van der Waals surface area contributed by atoms with Gasteiger partial charge in [-0.25, -0.2) is 0 Å². The molecular formula is C25H30BrClN2O. The van der Waals surface area contributed by atoms with Crippen LogP contribution in [0, 0.1) is 6.92 Å². The highest BCUT2D eigenvalue weighted by atomic mass is 79.9. The van der Waals surface area contributed by atoms with Gasteiger partial charge in [0.1, 0.15) is 11.9 Å². The third-order valence-corrected chi connectivity index (χ3v) is 6.29. The molecule has 2 aromatic carbocycles. The predicted octanol–water partition coefficient (Wildman–Crippen LogP) is 7.24. The molecule has 5 heteroatoms. The van der Waals surface area contributed by atoms with Gasteiger partial charge in [0.15, 0.2) is 0 Å². The Balaban J connectivity index is 1.58. The highest BCUT2D eigenvalue weighted by Gasteiger charge is 2.16. The van der Waals surface area contributed by atoms with Gasteiger partial charge in [0.2, 0.25) is 0 Å². The van der Waals surface area contributed by atoms with E-state index in [0.29, 0.717) is 0 Å². The molecule has 3 rings (SSSR count). The molecule has 1 N–H and O–H groups in total.